The third-order valence-electron chi connectivity index (χ3n) is 4.34. The quantitative estimate of drug-likeness (QED) is 0.775. The van der Waals surface area contributed by atoms with Gasteiger partial charge >= 0.3 is 0 Å². The Balaban J connectivity index is 2.24. The van der Waals surface area contributed by atoms with E-state index in [-0.39, 0.29) is 6.04 Å². The van der Waals surface area contributed by atoms with Gasteiger partial charge in [-0.05, 0) is 62.7 Å². The number of aromatic nitrogens is 1. The second kappa shape index (κ2) is 8.92. The lowest BCUT2D eigenvalue weighted by atomic mass is 10.1. The van der Waals surface area contributed by atoms with Crippen LogP contribution in [-0.2, 0) is 4.74 Å². The smallest absolute Gasteiger partial charge is 0.174 e. The number of aryl methyl sites for hydroxylation is 3. The van der Waals surface area contributed by atoms with E-state index in [0.717, 1.165) is 11.3 Å². The van der Waals surface area contributed by atoms with E-state index in [1.165, 1.54) is 16.7 Å². The van der Waals surface area contributed by atoms with Crippen LogP contribution in [0, 0.1) is 20.8 Å². The zero-order valence-electron chi connectivity index (χ0n) is 15.7. The zero-order valence-corrected chi connectivity index (χ0v) is 16.5. The van der Waals surface area contributed by atoms with E-state index in [1.807, 2.05) is 12.3 Å². The first-order valence-electron chi connectivity index (χ1n) is 8.48. The zero-order chi connectivity index (χ0) is 18.4. The lowest BCUT2D eigenvalue weighted by Crippen LogP contribution is -2.39. The predicted molar refractivity (Wildman–Crippen MR) is 108 cm³/mol. The maximum atomic E-state index is 5.74. The molecule has 0 fully saturated rings. The molecule has 1 N–H and O–H groups in total. The summed E-state index contributed by atoms with van der Waals surface area (Å²) < 4.78 is 5.28. The van der Waals surface area contributed by atoms with E-state index >= 15 is 0 Å². The number of rotatable bonds is 6. The Bertz CT molecular complexity index is 695. The van der Waals surface area contributed by atoms with Crippen molar-refractivity contribution < 1.29 is 4.74 Å². The highest BCUT2D eigenvalue weighted by molar-refractivity contribution is 7.80. The summed E-state index contributed by atoms with van der Waals surface area (Å²) in [6.07, 6.45) is 3.67. The molecule has 5 heteroatoms. The molecule has 1 heterocycles. The van der Waals surface area contributed by atoms with Gasteiger partial charge in [0.2, 0.25) is 0 Å². The van der Waals surface area contributed by atoms with Crippen molar-refractivity contribution in [2.24, 2.45) is 0 Å². The van der Waals surface area contributed by atoms with E-state index < -0.39 is 0 Å². The summed E-state index contributed by atoms with van der Waals surface area (Å²) in [5.74, 6) is 0. The molecule has 25 heavy (non-hydrogen) atoms. The monoisotopic (exact) mass is 357 g/mol. The van der Waals surface area contributed by atoms with E-state index in [9.17, 15) is 0 Å². The topological polar surface area (TPSA) is 37.4 Å². The van der Waals surface area contributed by atoms with Gasteiger partial charge in [0.1, 0.15) is 0 Å². The van der Waals surface area contributed by atoms with Gasteiger partial charge in [0.05, 0.1) is 12.6 Å². The number of methoxy groups -OCH3 is 1. The number of hydrogen-bond acceptors (Lipinski definition) is 3. The van der Waals surface area contributed by atoms with Crippen LogP contribution in [0.1, 0.15) is 35.2 Å². The number of anilines is 1. The molecule has 0 saturated carbocycles. The minimum Gasteiger partial charge on any atom is -0.383 e. The normalized spacial score (nSPS) is 11.9. The van der Waals surface area contributed by atoms with Crippen LogP contribution < -0.4 is 5.32 Å². The molecule has 4 nitrogen and oxygen atoms in total. The molecule has 1 aromatic carbocycles. The molecule has 0 aliphatic heterocycles. The van der Waals surface area contributed by atoms with E-state index in [4.69, 9.17) is 17.0 Å². The van der Waals surface area contributed by atoms with Crippen molar-refractivity contribution in [3.05, 3.63) is 58.9 Å². The Kier molecular flexibility index (Phi) is 6.91. The van der Waals surface area contributed by atoms with Crippen molar-refractivity contribution in [2.45, 2.75) is 33.7 Å². The second-order valence-electron chi connectivity index (χ2n) is 6.35. The summed E-state index contributed by atoms with van der Waals surface area (Å²) in [4.78, 5) is 6.38. The summed E-state index contributed by atoms with van der Waals surface area (Å²) in [5.41, 5.74) is 5.85. The van der Waals surface area contributed by atoms with Crippen LogP contribution in [-0.4, -0.2) is 35.3 Å². The number of pyridine rings is 1. The standard InChI is InChI=1S/C20H27N3OS/c1-14-11-15(2)19(16(3)12-14)22-20(25)23(9-10-24-5)17(4)18-7-6-8-21-13-18/h6-8,11-13,17H,9-10H2,1-5H3,(H,22,25)/t17-/m0/s1. The second-order valence-corrected chi connectivity index (χ2v) is 6.74. The summed E-state index contributed by atoms with van der Waals surface area (Å²) in [6.45, 7) is 9.78. The molecular weight excluding hydrogens is 330 g/mol. The van der Waals surface area contributed by atoms with Crippen LogP contribution in [0.4, 0.5) is 5.69 Å². The van der Waals surface area contributed by atoms with Crippen molar-refractivity contribution in [3.8, 4) is 0 Å². The van der Waals surface area contributed by atoms with Gasteiger partial charge in [-0.15, -0.1) is 0 Å². The Labute approximate surface area is 156 Å². The molecule has 0 aliphatic rings. The van der Waals surface area contributed by atoms with Gasteiger partial charge < -0.3 is 15.0 Å². The molecule has 0 spiro atoms. The Hall–Kier alpha value is -1.98. The fraction of sp³-hybridized carbons (Fsp3) is 0.400. The fourth-order valence-electron chi connectivity index (χ4n) is 3.02. The number of benzene rings is 1. The van der Waals surface area contributed by atoms with E-state index in [2.05, 4.69) is 61.1 Å². The molecule has 2 rings (SSSR count). The highest BCUT2D eigenvalue weighted by atomic mass is 32.1. The average Bonchev–Trinajstić information content (AvgIpc) is 2.59. The molecule has 0 radical (unpaired) electrons. The van der Waals surface area contributed by atoms with Crippen molar-refractivity contribution in [3.63, 3.8) is 0 Å². The Morgan fingerprint density at radius 1 is 1.28 bits per heavy atom. The molecule has 0 saturated heterocycles. The lowest BCUT2D eigenvalue weighted by Gasteiger charge is -2.32. The third-order valence-corrected chi connectivity index (χ3v) is 4.68. The van der Waals surface area contributed by atoms with Crippen LogP contribution >= 0.6 is 12.2 Å². The van der Waals surface area contributed by atoms with Gasteiger partial charge in [-0.3, -0.25) is 4.98 Å². The van der Waals surface area contributed by atoms with Crippen LogP contribution in [0.3, 0.4) is 0 Å². The van der Waals surface area contributed by atoms with Gasteiger partial charge in [0.25, 0.3) is 0 Å². The maximum absolute atomic E-state index is 5.74. The van der Waals surface area contributed by atoms with Crippen molar-refractivity contribution in [1.29, 1.82) is 0 Å². The predicted octanol–water partition coefficient (Wildman–Crippen LogP) is 4.41. The van der Waals surface area contributed by atoms with Crippen molar-refractivity contribution >= 4 is 23.0 Å². The summed E-state index contributed by atoms with van der Waals surface area (Å²) >= 11 is 5.74. The van der Waals surface area contributed by atoms with Gasteiger partial charge in [0, 0.05) is 31.7 Å². The van der Waals surface area contributed by atoms with Gasteiger partial charge in [-0.1, -0.05) is 23.8 Å². The number of thiocarbonyl (C=S) groups is 1. The van der Waals surface area contributed by atoms with Crippen LogP contribution in [0.2, 0.25) is 0 Å². The first-order valence-corrected chi connectivity index (χ1v) is 8.89. The molecule has 1 atom stereocenters. The van der Waals surface area contributed by atoms with Gasteiger partial charge in [0.15, 0.2) is 5.11 Å². The largest absolute Gasteiger partial charge is 0.383 e. The first-order chi connectivity index (χ1) is 11.9. The summed E-state index contributed by atoms with van der Waals surface area (Å²) in [7, 11) is 1.71. The number of nitrogens with one attached hydrogen (secondary N) is 1. The molecule has 134 valence electrons. The van der Waals surface area contributed by atoms with E-state index in [1.54, 1.807) is 13.3 Å². The van der Waals surface area contributed by atoms with Crippen LogP contribution in [0.15, 0.2) is 36.7 Å². The highest BCUT2D eigenvalue weighted by Crippen LogP contribution is 2.25. The third kappa shape index (κ3) is 5.00. The van der Waals surface area contributed by atoms with Crippen molar-refractivity contribution in [1.82, 2.24) is 9.88 Å². The molecule has 0 amide bonds. The number of hydrogen-bond donors (Lipinski definition) is 1. The SMILES string of the molecule is COCCN(C(=S)Nc1c(C)cc(C)cc1C)[C@@H](C)c1cccnc1. The van der Waals surface area contributed by atoms with Gasteiger partial charge in [-0.2, -0.15) is 0 Å². The molecule has 0 aliphatic carbocycles. The summed E-state index contributed by atoms with van der Waals surface area (Å²) in [6, 6.07) is 8.47. The van der Waals surface area contributed by atoms with Crippen LogP contribution in [0.25, 0.3) is 0 Å². The van der Waals surface area contributed by atoms with Crippen molar-refractivity contribution in [2.75, 3.05) is 25.6 Å². The molecule has 2 aromatic rings. The van der Waals surface area contributed by atoms with Crippen LogP contribution in [0.5, 0.6) is 0 Å². The number of nitrogens with zero attached hydrogens (tertiary/aromatic N) is 2. The average molecular weight is 358 g/mol. The highest BCUT2D eigenvalue weighted by Gasteiger charge is 2.20. The maximum Gasteiger partial charge on any atom is 0.174 e. The van der Waals surface area contributed by atoms with E-state index in [0.29, 0.717) is 18.3 Å². The Morgan fingerprint density at radius 3 is 2.52 bits per heavy atom. The number of ether oxygens (including phenoxy) is 1. The lowest BCUT2D eigenvalue weighted by molar-refractivity contribution is 0.165. The minimum atomic E-state index is 0.106. The molecule has 1 aromatic heterocycles. The Morgan fingerprint density at radius 2 is 1.96 bits per heavy atom. The minimum absolute atomic E-state index is 0.106. The first kappa shape index (κ1) is 19.3. The van der Waals surface area contributed by atoms with Gasteiger partial charge in [-0.25, -0.2) is 0 Å². The fourth-order valence-corrected chi connectivity index (χ4v) is 3.37. The summed E-state index contributed by atoms with van der Waals surface area (Å²) in [5, 5.41) is 4.14. The molecule has 0 bridgehead atoms. The molecular formula is C20H27N3OS. The molecule has 0 unspecified atom stereocenters.